The fourth-order valence-corrected chi connectivity index (χ4v) is 6.22. The summed E-state index contributed by atoms with van der Waals surface area (Å²) in [5, 5.41) is 0. The minimum atomic E-state index is -1.23. The van der Waals surface area contributed by atoms with Crippen LogP contribution in [0.2, 0.25) is 0 Å². The van der Waals surface area contributed by atoms with Crippen molar-refractivity contribution in [3.05, 3.63) is 11.6 Å². The predicted octanol–water partition coefficient (Wildman–Crippen LogP) is 4.18. The molecule has 0 bridgehead atoms. The molecule has 0 aliphatic heterocycles. The van der Waals surface area contributed by atoms with Crippen LogP contribution in [0.25, 0.3) is 0 Å². The van der Waals surface area contributed by atoms with Crippen molar-refractivity contribution < 1.29 is 14.0 Å². The van der Waals surface area contributed by atoms with E-state index in [0.29, 0.717) is 37.9 Å². The Morgan fingerprint density at radius 1 is 1.00 bits per heavy atom. The molecule has 0 aromatic rings. The largest absolute Gasteiger partial charge is 0.299 e. The van der Waals surface area contributed by atoms with Gasteiger partial charge < -0.3 is 0 Å². The molecule has 0 spiro atoms. The number of halogens is 1. The van der Waals surface area contributed by atoms with Crippen LogP contribution in [0.4, 0.5) is 4.39 Å². The molecule has 0 aromatic carbocycles. The van der Waals surface area contributed by atoms with E-state index >= 15 is 4.39 Å². The second kappa shape index (κ2) is 4.30. The molecule has 120 valence electrons. The molecule has 3 saturated carbocycles. The van der Waals surface area contributed by atoms with Gasteiger partial charge >= 0.3 is 0 Å². The molecular formula is C19H25FO2. The Bertz CT molecular complexity index is 594. The van der Waals surface area contributed by atoms with Crippen LogP contribution in [-0.4, -0.2) is 17.2 Å². The van der Waals surface area contributed by atoms with Gasteiger partial charge in [0.15, 0.2) is 5.78 Å². The number of carbonyl (C=O) groups excluding carboxylic acids is 2. The van der Waals surface area contributed by atoms with E-state index in [-0.39, 0.29) is 23.0 Å². The van der Waals surface area contributed by atoms with Crippen molar-refractivity contribution in [1.29, 1.82) is 0 Å². The Morgan fingerprint density at radius 3 is 2.50 bits per heavy atom. The summed E-state index contributed by atoms with van der Waals surface area (Å²) < 4.78 is 16.3. The third-order valence-corrected chi connectivity index (χ3v) is 7.78. The van der Waals surface area contributed by atoms with Gasteiger partial charge in [-0.05, 0) is 56.4 Å². The average molecular weight is 304 g/mol. The molecule has 0 unspecified atom stereocenters. The maximum atomic E-state index is 16.3. The molecule has 4 aliphatic carbocycles. The molecule has 0 N–H and O–H groups in total. The van der Waals surface area contributed by atoms with E-state index in [1.54, 1.807) is 6.08 Å². The van der Waals surface area contributed by atoms with Crippen molar-refractivity contribution in [3.8, 4) is 0 Å². The van der Waals surface area contributed by atoms with Crippen LogP contribution in [0.3, 0.4) is 0 Å². The van der Waals surface area contributed by atoms with Crippen LogP contribution in [0.5, 0.6) is 0 Å². The Kier molecular flexibility index (Phi) is 2.85. The van der Waals surface area contributed by atoms with Crippen molar-refractivity contribution in [3.63, 3.8) is 0 Å². The lowest BCUT2D eigenvalue weighted by Crippen LogP contribution is -2.60. The van der Waals surface area contributed by atoms with Crippen LogP contribution in [0.1, 0.15) is 65.2 Å². The lowest BCUT2D eigenvalue weighted by Gasteiger charge is -2.60. The van der Waals surface area contributed by atoms with Crippen LogP contribution in [0.15, 0.2) is 11.6 Å². The summed E-state index contributed by atoms with van der Waals surface area (Å²) in [6, 6.07) is 0. The summed E-state index contributed by atoms with van der Waals surface area (Å²) in [5.41, 5.74) is -0.971. The van der Waals surface area contributed by atoms with Crippen molar-refractivity contribution in [1.82, 2.24) is 0 Å². The lowest BCUT2D eigenvalue weighted by atomic mass is 9.46. The van der Waals surface area contributed by atoms with Gasteiger partial charge in [0.05, 0.1) is 0 Å². The lowest BCUT2D eigenvalue weighted by molar-refractivity contribution is -0.152. The van der Waals surface area contributed by atoms with E-state index in [0.717, 1.165) is 24.8 Å². The van der Waals surface area contributed by atoms with Crippen molar-refractivity contribution in [2.75, 3.05) is 0 Å². The smallest absolute Gasteiger partial charge is 0.155 e. The van der Waals surface area contributed by atoms with Gasteiger partial charge in [0.1, 0.15) is 11.5 Å². The Labute approximate surface area is 131 Å². The summed E-state index contributed by atoms with van der Waals surface area (Å²) in [6.45, 7) is 4.11. The van der Waals surface area contributed by atoms with E-state index in [2.05, 4.69) is 6.92 Å². The number of Topliss-reactive ketones (excluding diaryl/α,β-unsaturated/α-hetero) is 1. The number of hydrogen-bond acceptors (Lipinski definition) is 2. The molecule has 0 heterocycles. The van der Waals surface area contributed by atoms with E-state index < -0.39 is 11.1 Å². The van der Waals surface area contributed by atoms with Crippen LogP contribution >= 0.6 is 0 Å². The number of allylic oxidation sites excluding steroid dienone is 1. The molecule has 4 aliphatic rings. The van der Waals surface area contributed by atoms with Gasteiger partial charge in [0.2, 0.25) is 0 Å². The van der Waals surface area contributed by atoms with E-state index in [1.807, 2.05) is 6.92 Å². The number of fused-ring (bicyclic) bond motifs is 5. The summed E-state index contributed by atoms with van der Waals surface area (Å²) >= 11 is 0. The van der Waals surface area contributed by atoms with Crippen molar-refractivity contribution in [2.24, 2.45) is 22.7 Å². The molecule has 0 amide bonds. The van der Waals surface area contributed by atoms with Gasteiger partial charge in [-0.25, -0.2) is 4.39 Å². The first-order valence-corrected chi connectivity index (χ1v) is 8.77. The van der Waals surface area contributed by atoms with Gasteiger partial charge in [-0.2, -0.15) is 0 Å². The SMILES string of the molecule is C[C@]12CCC(=O)C=C1CC[C@H]1[C@@H]3CCC(=O)[C@@]3(C)CC[C@@]12F. The zero-order valence-corrected chi connectivity index (χ0v) is 13.6. The maximum absolute atomic E-state index is 16.3. The van der Waals surface area contributed by atoms with Crippen molar-refractivity contribution >= 4 is 11.6 Å². The van der Waals surface area contributed by atoms with Crippen molar-refractivity contribution in [2.45, 2.75) is 70.9 Å². The molecular weight excluding hydrogens is 279 g/mol. The van der Waals surface area contributed by atoms with Gasteiger partial charge in [0, 0.05) is 23.7 Å². The highest BCUT2D eigenvalue weighted by molar-refractivity contribution is 5.92. The highest BCUT2D eigenvalue weighted by Gasteiger charge is 2.66. The highest BCUT2D eigenvalue weighted by atomic mass is 19.1. The molecule has 3 fully saturated rings. The highest BCUT2D eigenvalue weighted by Crippen LogP contribution is 2.67. The molecule has 22 heavy (non-hydrogen) atoms. The monoisotopic (exact) mass is 304 g/mol. The number of carbonyl (C=O) groups is 2. The molecule has 0 saturated heterocycles. The zero-order valence-electron chi connectivity index (χ0n) is 13.6. The first-order valence-electron chi connectivity index (χ1n) is 8.77. The Hall–Kier alpha value is -0.990. The number of alkyl halides is 1. The third kappa shape index (κ3) is 1.55. The molecule has 0 aromatic heterocycles. The minimum absolute atomic E-state index is 0.00643. The molecule has 0 radical (unpaired) electrons. The Balaban J connectivity index is 1.78. The molecule has 5 atom stereocenters. The Morgan fingerprint density at radius 2 is 1.73 bits per heavy atom. The molecule has 3 heteroatoms. The van der Waals surface area contributed by atoms with Crippen LogP contribution in [0, 0.1) is 22.7 Å². The average Bonchev–Trinajstić information content (AvgIpc) is 2.77. The van der Waals surface area contributed by atoms with E-state index in [1.165, 1.54) is 0 Å². The predicted molar refractivity (Wildman–Crippen MR) is 82.1 cm³/mol. The molecule has 2 nitrogen and oxygen atoms in total. The standard InChI is InChI=1S/C19H25FO2/c1-17-9-10-19(20)15(14(17)5-6-16(17)22)4-3-12-11-13(21)7-8-18(12,19)2/h11,14-15H,3-10H2,1-2H3/t14-,15-,17-,18-,19+/m0/s1. The van der Waals surface area contributed by atoms with Gasteiger partial charge in [-0.1, -0.05) is 19.4 Å². The van der Waals surface area contributed by atoms with E-state index in [9.17, 15) is 9.59 Å². The summed E-state index contributed by atoms with van der Waals surface area (Å²) in [7, 11) is 0. The van der Waals surface area contributed by atoms with E-state index in [4.69, 9.17) is 0 Å². The minimum Gasteiger partial charge on any atom is -0.299 e. The van der Waals surface area contributed by atoms with Gasteiger partial charge in [-0.3, -0.25) is 9.59 Å². The van der Waals surface area contributed by atoms with Crippen LogP contribution in [-0.2, 0) is 9.59 Å². The topological polar surface area (TPSA) is 34.1 Å². The first kappa shape index (κ1) is 14.6. The fourth-order valence-electron chi connectivity index (χ4n) is 6.22. The third-order valence-electron chi connectivity index (χ3n) is 7.78. The zero-order chi connectivity index (χ0) is 15.8. The number of rotatable bonds is 0. The summed E-state index contributed by atoms with van der Waals surface area (Å²) in [6.07, 6.45) is 7.14. The molecule has 4 rings (SSSR count). The summed E-state index contributed by atoms with van der Waals surface area (Å²) in [5.74, 6) is 0.707. The number of ketones is 2. The van der Waals surface area contributed by atoms with Gasteiger partial charge in [-0.15, -0.1) is 0 Å². The second-order valence-electron chi connectivity index (χ2n) is 8.46. The number of hydrogen-bond donors (Lipinski definition) is 0. The second-order valence-corrected chi connectivity index (χ2v) is 8.46. The fraction of sp³-hybridized carbons (Fsp3) is 0.789. The normalized spacial score (nSPS) is 51.0. The van der Waals surface area contributed by atoms with Gasteiger partial charge in [0.25, 0.3) is 0 Å². The first-order chi connectivity index (χ1) is 10.3. The maximum Gasteiger partial charge on any atom is 0.155 e. The quantitative estimate of drug-likeness (QED) is 0.673. The summed E-state index contributed by atoms with van der Waals surface area (Å²) in [4.78, 5) is 24.1. The van der Waals surface area contributed by atoms with Crippen LogP contribution < -0.4 is 0 Å².